The van der Waals surface area contributed by atoms with E-state index >= 15 is 0 Å². The second kappa shape index (κ2) is 5.14. The van der Waals surface area contributed by atoms with Crippen molar-refractivity contribution in [3.63, 3.8) is 0 Å². The topological polar surface area (TPSA) is 66.5 Å². The molecule has 0 spiro atoms. The lowest BCUT2D eigenvalue weighted by Gasteiger charge is -2.13. The summed E-state index contributed by atoms with van der Waals surface area (Å²) in [5.74, 6) is 0.00825. The van der Waals surface area contributed by atoms with Crippen LogP contribution in [-0.2, 0) is 21.2 Å². The van der Waals surface area contributed by atoms with E-state index in [4.69, 9.17) is 0 Å². The number of rotatable bonds is 3. The summed E-state index contributed by atoms with van der Waals surface area (Å²) in [7, 11) is -1.92. The lowest BCUT2D eigenvalue weighted by molar-refractivity contribution is -0.117. The zero-order chi connectivity index (χ0) is 15.9. The molecule has 1 heterocycles. The molecular weight excluding hydrogens is 300 g/mol. The number of amides is 1. The number of carbonyl (C=O) groups is 1. The standard InChI is InChI=1S/C16H16N2O3S/c1-11-5-3-4-6-15(11)22(20,21)17-13-7-8-14-12(9-13)10-16(19)18(14)2/h3-9,17H,10H2,1-2H3. The van der Waals surface area contributed by atoms with Crippen LogP contribution >= 0.6 is 0 Å². The Hall–Kier alpha value is -2.34. The van der Waals surface area contributed by atoms with E-state index in [-0.39, 0.29) is 10.8 Å². The van der Waals surface area contributed by atoms with E-state index in [1.54, 1.807) is 61.3 Å². The summed E-state index contributed by atoms with van der Waals surface area (Å²) in [5.41, 5.74) is 2.80. The highest BCUT2D eigenvalue weighted by molar-refractivity contribution is 7.92. The van der Waals surface area contributed by atoms with Crippen molar-refractivity contribution < 1.29 is 13.2 Å². The summed E-state index contributed by atoms with van der Waals surface area (Å²) in [6, 6.07) is 12.0. The summed E-state index contributed by atoms with van der Waals surface area (Å²) < 4.78 is 27.5. The molecule has 0 unspecified atom stereocenters. The maximum absolute atomic E-state index is 12.5. The monoisotopic (exact) mass is 316 g/mol. The Balaban J connectivity index is 1.93. The van der Waals surface area contributed by atoms with Gasteiger partial charge in [0.15, 0.2) is 0 Å². The Kier molecular flexibility index (Phi) is 3.41. The van der Waals surface area contributed by atoms with E-state index in [2.05, 4.69) is 4.72 Å². The molecule has 1 aliphatic heterocycles. The summed E-state index contributed by atoms with van der Waals surface area (Å²) in [5, 5.41) is 0. The first-order valence-electron chi connectivity index (χ1n) is 6.86. The minimum absolute atomic E-state index is 0.00825. The van der Waals surface area contributed by atoms with Crippen molar-refractivity contribution in [2.45, 2.75) is 18.2 Å². The summed E-state index contributed by atoms with van der Waals surface area (Å²) >= 11 is 0. The minimum atomic E-state index is -3.64. The fourth-order valence-corrected chi connectivity index (χ4v) is 3.90. The van der Waals surface area contributed by atoms with E-state index in [0.717, 1.165) is 11.3 Å². The molecule has 114 valence electrons. The number of sulfonamides is 1. The summed E-state index contributed by atoms with van der Waals surface area (Å²) in [4.78, 5) is 13.5. The van der Waals surface area contributed by atoms with Gasteiger partial charge in [0.05, 0.1) is 11.3 Å². The number of fused-ring (bicyclic) bond motifs is 1. The maximum Gasteiger partial charge on any atom is 0.262 e. The Labute approximate surface area is 129 Å². The highest BCUT2D eigenvalue weighted by Gasteiger charge is 2.25. The number of nitrogens with zero attached hydrogens (tertiary/aromatic N) is 1. The molecule has 1 aliphatic rings. The second-order valence-electron chi connectivity index (χ2n) is 5.34. The van der Waals surface area contributed by atoms with Crippen LogP contribution in [0.2, 0.25) is 0 Å². The lowest BCUT2D eigenvalue weighted by Crippen LogP contribution is -2.20. The molecule has 0 saturated carbocycles. The van der Waals surface area contributed by atoms with Gasteiger partial charge in [0.1, 0.15) is 0 Å². The molecule has 22 heavy (non-hydrogen) atoms. The van der Waals surface area contributed by atoms with Crippen molar-refractivity contribution in [2.24, 2.45) is 0 Å². The van der Waals surface area contributed by atoms with Crippen molar-refractivity contribution in [3.8, 4) is 0 Å². The van der Waals surface area contributed by atoms with Gasteiger partial charge >= 0.3 is 0 Å². The van der Waals surface area contributed by atoms with Gasteiger partial charge in [0.25, 0.3) is 10.0 Å². The van der Waals surface area contributed by atoms with Crippen LogP contribution in [0.5, 0.6) is 0 Å². The van der Waals surface area contributed by atoms with Gasteiger partial charge in [0, 0.05) is 18.4 Å². The van der Waals surface area contributed by atoms with Gasteiger partial charge in [-0.1, -0.05) is 18.2 Å². The largest absolute Gasteiger partial charge is 0.315 e. The van der Waals surface area contributed by atoms with Gasteiger partial charge in [-0.25, -0.2) is 8.42 Å². The van der Waals surface area contributed by atoms with Gasteiger partial charge in [0.2, 0.25) is 5.91 Å². The molecule has 0 saturated heterocycles. The molecule has 0 atom stereocenters. The van der Waals surface area contributed by atoms with Crippen molar-refractivity contribution >= 4 is 27.3 Å². The first kappa shape index (κ1) is 14.6. The molecule has 0 bridgehead atoms. The average Bonchev–Trinajstić information content (AvgIpc) is 2.73. The molecule has 0 aromatic heterocycles. The zero-order valence-corrected chi connectivity index (χ0v) is 13.1. The van der Waals surface area contributed by atoms with Crippen molar-refractivity contribution in [3.05, 3.63) is 53.6 Å². The van der Waals surface area contributed by atoms with Crippen molar-refractivity contribution in [1.82, 2.24) is 0 Å². The molecular formula is C16H16N2O3S. The SMILES string of the molecule is Cc1ccccc1S(=O)(=O)Nc1ccc2c(c1)CC(=O)N2C. The number of anilines is 2. The van der Waals surface area contributed by atoms with Crippen molar-refractivity contribution in [2.75, 3.05) is 16.7 Å². The van der Waals surface area contributed by atoms with Gasteiger partial charge in [-0.05, 0) is 42.3 Å². The van der Waals surface area contributed by atoms with Gasteiger partial charge in [-0.3, -0.25) is 9.52 Å². The van der Waals surface area contributed by atoms with Gasteiger partial charge in [-0.15, -0.1) is 0 Å². The molecule has 1 N–H and O–H groups in total. The maximum atomic E-state index is 12.5. The predicted octanol–water partition coefficient (Wildman–Crippen LogP) is 2.31. The number of hydrogen-bond acceptors (Lipinski definition) is 3. The molecule has 1 amide bonds. The third-order valence-corrected chi connectivity index (χ3v) is 5.33. The number of aryl methyl sites for hydroxylation is 1. The predicted molar refractivity (Wildman–Crippen MR) is 85.5 cm³/mol. The highest BCUT2D eigenvalue weighted by Crippen LogP contribution is 2.31. The van der Waals surface area contributed by atoms with Crippen LogP contribution in [0.15, 0.2) is 47.4 Å². The van der Waals surface area contributed by atoms with E-state index < -0.39 is 10.0 Å². The minimum Gasteiger partial charge on any atom is -0.315 e. The fraction of sp³-hybridized carbons (Fsp3) is 0.188. The van der Waals surface area contributed by atoms with Crippen LogP contribution in [-0.4, -0.2) is 21.4 Å². The number of likely N-dealkylation sites (N-methyl/N-ethyl adjacent to an activating group) is 1. The zero-order valence-electron chi connectivity index (χ0n) is 12.3. The molecule has 0 fully saturated rings. The molecule has 5 nitrogen and oxygen atoms in total. The second-order valence-corrected chi connectivity index (χ2v) is 6.99. The Morgan fingerprint density at radius 1 is 1.14 bits per heavy atom. The number of nitrogens with one attached hydrogen (secondary N) is 1. The fourth-order valence-electron chi connectivity index (χ4n) is 2.60. The smallest absolute Gasteiger partial charge is 0.262 e. The third-order valence-electron chi connectivity index (χ3n) is 3.79. The van der Waals surface area contributed by atoms with E-state index in [9.17, 15) is 13.2 Å². The third kappa shape index (κ3) is 2.46. The summed E-state index contributed by atoms with van der Waals surface area (Å²) in [6.07, 6.45) is 0.297. The van der Waals surface area contributed by atoms with E-state index in [0.29, 0.717) is 17.7 Å². The van der Waals surface area contributed by atoms with Crippen LogP contribution in [0.4, 0.5) is 11.4 Å². The summed E-state index contributed by atoms with van der Waals surface area (Å²) in [6.45, 7) is 1.75. The lowest BCUT2D eigenvalue weighted by atomic mass is 10.1. The van der Waals surface area contributed by atoms with Gasteiger partial charge in [-0.2, -0.15) is 0 Å². The quantitative estimate of drug-likeness (QED) is 0.945. The van der Waals surface area contributed by atoms with Crippen LogP contribution in [0.3, 0.4) is 0 Å². The number of benzene rings is 2. The molecule has 2 aromatic rings. The molecule has 0 aliphatic carbocycles. The first-order chi connectivity index (χ1) is 10.4. The molecule has 0 radical (unpaired) electrons. The van der Waals surface area contributed by atoms with E-state index in [1.165, 1.54) is 0 Å². The van der Waals surface area contributed by atoms with Crippen LogP contribution in [0, 0.1) is 6.92 Å². The number of hydrogen-bond donors (Lipinski definition) is 1. The van der Waals surface area contributed by atoms with Crippen LogP contribution in [0.25, 0.3) is 0 Å². The van der Waals surface area contributed by atoms with Crippen molar-refractivity contribution in [1.29, 1.82) is 0 Å². The first-order valence-corrected chi connectivity index (χ1v) is 8.35. The van der Waals surface area contributed by atoms with Crippen LogP contribution < -0.4 is 9.62 Å². The highest BCUT2D eigenvalue weighted by atomic mass is 32.2. The van der Waals surface area contributed by atoms with Crippen LogP contribution in [0.1, 0.15) is 11.1 Å². The Morgan fingerprint density at radius 3 is 2.59 bits per heavy atom. The van der Waals surface area contributed by atoms with Gasteiger partial charge < -0.3 is 4.90 Å². The molecule has 2 aromatic carbocycles. The Morgan fingerprint density at radius 2 is 1.86 bits per heavy atom. The van der Waals surface area contributed by atoms with E-state index in [1.807, 2.05) is 0 Å². The molecule has 6 heteroatoms. The molecule has 3 rings (SSSR count). The average molecular weight is 316 g/mol. The Bertz CT molecular complexity index is 859. The number of carbonyl (C=O) groups excluding carboxylic acids is 1. The normalized spacial score (nSPS) is 14.1.